The summed E-state index contributed by atoms with van der Waals surface area (Å²) in [7, 11) is 0. The van der Waals surface area contributed by atoms with Gasteiger partial charge in [-0.25, -0.2) is 0 Å². The van der Waals surface area contributed by atoms with Crippen molar-refractivity contribution in [1.29, 1.82) is 0 Å². The Morgan fingerprint density at radius 3 is 2.35 bits per heavy atom. The van der Waals surface area contributed by atoms with Crippen LogP contribution in [0.3, 0.4) is 0 Å². The second-order valence-electron chi connectivity index (χ2n) is 7.48. The van der Waals surface area contributed by atoms with Crippen molar-refractivity contribution >= 4 is 29.0 Å². The van der Waals surface area contributed by atoms with E-state index < -0.39 is 17.6 Å². The summed E-state index contributed by atoms with van der Waals surface area (Å²) in [6.45, 7) is 1.97. The first kappa shape index (κ1) is 23.4. The number of alkyl halides is 3. The van der Waals surface area contributed by atoms with Crippen molar-refractivity contribution in [2.45, 2.75) is 18.3 Å². The fraction of sp³-hybridized carbons (Fsp3) is 0.125. The molecule has 0 unspecified atom stereocenters. The van der Waals surface area contributed by atoms with Crippen LogP contribution >= 0.6 is 11.8 Å². The Morgan fingerprint density at radius 2 is 1.68 bits per heavy atom. The van der Waals surface area contributed by atoms with Crippen LogP contribution in [0.5, 0.6) is 0 Å². The Kier molecular flexibility index (Phi) is 6.60. The number of nitrogen functional groups attached to an aromatic ring is 1. The molecule has 10 heteroatoms. The lowest BCUT2D eigenvalue weighted by Crippen LogP contribution is -2.18. The summed E-state index contributed by atoms with van der Waals surface area (Å²) in [5, 5.41) is 11.3. The van der Waals surface area contributed by atoms with Gasteiger partial charge in [0.1, 0.15) is 0 Å². The molecule has 1 aromatic heterocycles. The minimum Gasteiger partial charge on any atom is -0.399 e. The van der Waals surface area contributed by atoms with Crippen molar-refractivity contribution in [2.24, 2.45) is 0 Å². The zero-order chi connectivity index (χ0) is 24.3. The highest BCUT2D eigenvalue weighted by Gasteiger charge is 2.33. The lowest BCUT2D eigenvalue weighted by molar-refractivity contribution is -0.137. The van der Waals surface area contributed by atoms with Gasteiger partial charge in [0.05, 0.1) is 17.0 Å². The monoisotopic (exact) mass is 483 g/mol. The minimum absolute atomic E-state index is 0.155. The van der Waals surface area contributed by atoms with E-state index in [0.29, 0.717) is 16.7 Å². The maximum absolute atomic E-state index is 13.2. The van der Waals surface area contributed by atoms with Gasteiger partial charge in [0.25, 0.3) is 0 Å². The van der Waals surface area contributed by atoms with Gasteiger partial charge < -0.3 is 11.1 Å². The van der Waals surface area contributed by atoms with E-state index in [1.807, 2.05) is 43.3 Å². The number of benzene rings is 3. The van der Waals surface area contributed by atoms with E-state index in [-0.39, 0.29) is 11.4 Å². The number of nitrogens with one attached hydrogen (secondary N) is 1. The van der Waals surface area contributed by atoms with Crippen LogP contribution in [0.4, 0.5) is 24.5 Å². The lowest BCUT2D eigenvalue weighted by atomic mass is 10.1. The number of thioether (sulfide) groups is 1. The van der Waals surface area contributed by atoms with Gasteiger partial charge in [-0.1, -0.05) is 41.6 Å². The van der Waals surface area contributed by atoms with Crippen molar-refractivity contribution in [3.05, 3.63) is 83.9 Å². The van der Waals surface area contributed by atoms with Gasteiger partial charge in [-0.05, 0) is 55.5 Å². The highest BCUT2D eigenvalue weighted by Crippen LogP contribution is 2.35. The molecule has 0 aliphatic rings. The van der Waals surface area contributed by atoms with E-state index in [9.17, 15) is 18.0 Å². The van der Waals surface area contributed by atoms with Gasteiger partial charge in [-0.15, -0.1) is 10.2 Å². The third-order valence-electron chi connectivity index (χ3n) is 4.93. The van der Waals surface area contributed by atoms with Crippen molar-refractivity contribution in [3.63, 3.8) is 0 Å². The summed E-state index contributed by atoms with van der Waals surface area (Å²) in [5.74, 6) is -0.193. The highest BCUT2D eigenvalue weighted by atomic mass is 32.2. The number of nitrogens with two attached hydrogens (primary N) is 1. The van der Waals surface area contributed by atoms with Crippen LogP contribution in [0.1, 0.15) is 11.1 Å². The maximum Gasteiger partial charge on any atom is 0.418 e. The first-order chi connectivity index (χ1) is 16.2. The van der Waals surface area contributed by atoms with Gasteiger partial charge in [-0.3, -0.25) is 9.36 Å². The molecule has 0 radical (unpaired) electrons. The second-order valence-corrected chi connectivity index (χ2v) is 8.42. The number of aryl methyl sites for hydroxylation is 1. The zero-order valence-electron chi connectivity index (χ0n) is 18.0. The number of nitrogens with zero attached hydrogens (tertiary/aromatic N) is 3. The molecule has 3 N–H and O–H groups in total. The zero-order valence-corrected chi connectivity index (χ0v) is 18.8. The Labute approximate surface area is 198 Å². The first-order valence-electron chi connectivity index (χ1n) is 10.2. The molecule has 1 amide bonds. The van der Waals surface area contributed by atoms with Gasteiger partial charge >= 0.3 is 6.18 Å². The molecule has 0 spiro atoms. The first-order valence-corrected chi connectivity index (χ1v) is 11.2. The highest BCUT2D eigenvalue weighted by molar-refractivity contribution is 7.99. The van der Waals surface area contributed by atoms with Crippen molar-refractivity contribution in [3.8, 4) is 17.1 Å². The quantitative estimate of drug-likeness (QED) is 0.276. The number of hydrogen-bond donors (Lipinski definition) is 2. The van der Waals surface area contributed by atoms with Gasteiger partial charge in [0.15, 0.2) is 11.0 Å². The number of carbonyl (C=O) groups is 1. The minimum atomic E-state index is -4.57. The number of halogens is 3. The van der Waals surface area contributed by atoms with Gasteiger partial charge in [0, 0.05) is 16.9 Å². The number of hydrogen-bond acceptors (Lipinski definition) is 5. The second kappa shape index (κ2) is 9.60. The van der Waals surface area contributed by atoms with Crippen molar-refractivity contribution < 1.29 is 18.0 Å². The average Bonchev–Trinajstić information content (AvgIpc) is 3.22. The molecular formula is C24H20F3N5OS. The summed E-state index contributed by atoms with van der Waals surface area (Å²) in [6.07, 6.45) is -4.57. The number of carbonyl (C=O) groups excluding carboxylic acids is 1. The normalized spacial score (nSPS) is 11.4. The van der Waals surface area contributed by atoms with Crippen LogP contribution in [0.25, 0.3) is 17.1 Å². The molecule has 34 heavy (non-hydrogen) atoms. The van der Waals surface area contributed by atoms with Crippen LogP contribution in [0, 0.1) is 6.92 Å². The SMILES string of the molecule is Cc1ccc(-n2c(SCC(=O)Nc3ccccc3C(F)(F)F)nnc2-c2ccc(N)cc2)cc1. The third-order valence-corrected chi connectivity index (χ3v) is 5.86. The van der Waals surface area contributed by atoms with E-state index in [4.69, 9.17) is 5.73 Å². The molecule has 4 rings (SSSR count). The molecule has 0 saturated heterocycles. The summed E-state index contributed by atoms with van der Waals surface area (Å²) in [6, 6.07) is 19.7. The summed E-state index contributed by atoms with van der Waals surface area (Å²) >= 11 is 1.08. The topological polar surface area (TPSA) is 85.8 Å². The summed E-state index contributed by atoms with van der Waals surface area (Å²) in [4.78, 5) is 12.5. The molecule has 1 heterocycles. The largest absolute Gasteiger partial charge is 0.418 e. The van der Waals surface area contributed by atoms with Gasteiger partial charge in [0.2, 0.25) is 5.91 Å². The Balaban J connectivity index is 1.60. The average molecular weight is 484 g/mol. The third kappa shape index (κ3) is 5.23. The van der Waals surface area contributed by atoms with E-state index in [0.717, 1.165) is 34.6 Å². The molecule has 0 saturated carbocycles. The smallest absolute Gasteiger partial charge is 0.399 e. The molecule has 0 atom stereocenters. The molecule has 0 bridgehead atoms. The molecular weight excluding hydrogens is 463 g/mol. The standard InChI is InChI=1S/C24H20F3N5OS/c1-15-6-12-18(13-7-15)32-22(16-8-10-17(28)11-9-16)30-31-23(32)34-14-21(33)29-20-5-3-2-4-19(20)24(25,26)27/h2-13H,14,28H2,1H3,(H,29,33). The van der Waals surface area contributed by atoms with Crippen LogP contribution in [0.2, 0.25) is 0 Å². The molecule has 174 valence electrons. The summed E-state index contributed by atoms with van der Waals surface area (Å²) in [5.41, 5.74) is 7.85. The molecule has 0 aliphatic carbocycles. The number of anilines is 2. The van der Waals surface area contributed by atoms with E-state index in [1.165, 1.54) is 18.2 Å². The van der Waals surface area contributed by atoms with E-state index in [1.54, 1.807) is 16.7 Å². The molecule has 4 aromatic rings. The lowest BCUT2D eigenvalue weighted by Gasteiger charge is -2.14. The predicted molar refractivity (Wildman–Crippen MR) is 127 cm³/mol. The Hall–Kier alpha value is -3.79. The van der Waals surface area contributed by atoms with E-state index >= 15 is 0 Å². The number of rotatable bonds is 6. The number of aromatic nitrogens is 3. The maximum atomic E-state index is 13.2. The van der Waals surface area contributed by atoms with Crippen LogP contribution in [0.15, 0.2) is 78.0 Å². The van der Waals surface area contributed by atoms with Crippen molar-refractivity contribution in [2.75, 3.05) is 16.8 Å². The van der Waals surface area contributed by atoms with Crippen LogP contribution in [-0.4, -0.2) is 26.4 Å². The van der Waals surface area contributed by atoms with Gasteiger partial charge in [-0.2, -0.15) is 13.2 Å². The molecule has 6 nitrogen and oxygen atoms in total. The Morgan fingerprint density at radius 1 is 1.00 bits per heavy atom. The van der Waals surface area contributed by atoms with Crippen molar-refractivity contribution in [1.82, 2.24) is 14.8 Å². The van der Waals surface area contributed by atoms with Crippen LogP contribution < -0.4 is 11.1 Å². The molecule has 0 aliphatic heterocycles. The number of para-hydroxylation sites is 1. The summed E-state index contributed by atoms with van der Waals surface area (Å²) < 4.78 is 41.5. The van der Waals surface area contributed by atoms with Crippen LogP contribution in [-0.2, 0) is 11.0 Å². The fourth-order valence-corrected chi connectivity index (χ4v) is 4.02. The fourth-order valence-electron chi connectivity index (χ4n) is 3.26. The number of amides is 1. The molecule has 0 fully saturated rings. The Bertz CT molecular complexity index is 1300. The van der Waals surface area contributed by atoms with E-state index in [2.05, 4.69) is 15.5 Å². The predicted octanol–water partition coefficient (Wildman–Crippen LogP) is 5.57. The molecule has 3 aromatic carbocycles.